The fourth-order valence-electron chi connectivity index (χ4n) is 3.22. The molecule has 0 spiro atoms. The maximum absolute atomic E-state index is 3.58. The summed E-state index contributed by atoms with van der Waals surface area (Å²) in [5, 5.41) is 3.58. The topological polar surface area (TPSA) is 18.5 Å². The number of hydrogen-bond donors (Lipinski definition) is 1. The first-order chi connectivity index (χ1) is 9.37. The van der Waals surface area contributed by atoms with Crippen LogP contribution in [0.4, 0.5) is 0 Å². The van der Waals surface area contributed by atoms with Gasteiger partial charge in [-0.15, -0.1) is 0 Å². The predicted octanol–water partition coefficient (Wildman–Crippen LogP) is 2.82. The Morgan fingerprint density at radius 1 is 0.900 bits per heavy atom. The highest BCUT2D eigenvalue weighted by molar-refractivity contribution is 4.87. The first kappa shape index (κ1) is 17.9. The van der Waals surface area contributed by atoms with E-state index in [-0.39, 0.29) is 0 Å². The van der Waals surface area contributed by atoms with Crippen LogP contribution in [0.1, 0.15) is 54.4 Å². The van der Waals surface area contributed by atoms with Gasteiger partial charge in [0.1, 0.15) is 0 Å². The Morgan fingerprint density at radius 2 is 1.45 bits per heavy atom. The van der Waals surface area contributed by atoms with Gasteiger partial charge < -0.3 is 10.2 Å². The zero-order chi connectivity index (χ0) is 15.2. The highest BCUT2D eigenvalue weighted by Crippen LogP contribution is 2.28. The molecule has 1 rings (SSSR count). The van der Waals surface area contributed by atoms with Crippen molar-refractivity contribution in [1.82, 2.24) is 15.1 Å². The van der Waals surface area contributed by atoms with E-state index in [9.17, 15) is 0 Å². The van der Waals surface area contributed by atoms with E-state index >= 15 is 0 Å². The molecule has 1 aliphatic rings. The average Bonchev–Trinajstić information content (AvgIpc) is 2.43. The minimum atomic E-state index is 0.322. The highest BCUT2D eigenvalue weighted by Gasteiger charge is 2.31. The maximum Gasteiger partial charge on any atom is 0.0126 e. The molecule has 0 aromatic rings. The summed E-state index contributed by atoms with van der Waals surface area (Å²) < 4.78 is 0. The van der Waals surface area contributed by atoms with Crippen molar-refractivity contribution in [3.63, 3.8) is 0 Å². The Bertz CT molecular complexity index is 258. The molecule has 0 aliphatic carbocycles. The van der Waals surface area contributed by atoms with Gasteiger partial charge in [-0.05, 0) is 45.6 Å². The number of nitrogens with one attached hydrogen (secondary N) is 1. The summed E-state index contributed by atoms with van der Waals surface area (Å²) in [5.74, 6) is 0. The lowest BCUT2D eigenvalue weighted by Crippen LogP contribution is -2.55. The van der Waals surface area contributed by atoms with Crippen molar-refractivity contribution in [3.8, 4) is 0 Å². The van der Waals surface area contributed by atoms with E-state index in [2.05, 4.69) is 56.7 Å². The third-order valence-electron chi connectivity index (χ3n) is 5.13. The zero-order valence-electron chi connectivity index (χ0n) is 14.8. The van der Waals surface area contributed by atoms with Crippen molar-refractivity contribution in [2.24, 2.45) is 5.41 Å². The molecule has 0 bridgehead atoms. The van der Waals surface area contributed by atoms with Crippen LogP contribution < -0.4 is 5.32 Å². The molecule has 0 aromatic heterocycles. The van der Waals surface area contributed by atoms with E-state index in [4.69, 9.17) is 0 Å². The molecule has 0 radical (unpaired) electrons. The normalized spacial score (nSPS) is 19.5. The number of hydrogen-bond acceptors (Lipinski definition) is 3. The summed E-state index contributed by atoms with van der Waals surface area (Å²) in [6.07, 6.45) is 2.55. The van der Waals surface area contributed by atoms with Crippen LogP contribution in [0.5, 0.6) is 0 Å². The quantitative estimate of drug-likeness (QED) is 0.775. The molecule has 0 atom stereocenters. The van der Waals surface area contributed by atoms with Crippen LogP contribution in [-0.2, 0) is 0 Å². The molecule has 0 amide bonds. The molecule has 3 heteroatoms. The van der Waals surface area contributed by atoms with E-state index < -0.39 is 0 Å². The lowest BCUT2D eigenvalue weighted by Gasteiger charge is -2.45. The Hall–Kier alpha value is -0.120. The monoisotopic (exact) mass is 283 g/mol. The van der Waals surface area contributed by atoms with Crippen LogP contribution in [0.3, 0.4) is 0 Å². The molecule has 1 aliphatic heterocycles. The van der Waals surface area contributed by atoms with Crippen LogP contribution in [0.2, 0.25) is 0 Å². The van der Waals surface area contributed by atoms with Gasteiger partial charge in [0, 0.05) is 44.8 Å². The van der Waals surface area contributed by atoms with Crippen molar-refractivity contribution >= 4 is 0 Å². The fourth-order valence-corrected chi connectivity index (χ4v) is 3.22. The average molecular weight is 284 g/mol. The van der Waals surface area contributed by atoms with Gasteiger partial charge in [-0.1, -0.05) is 20.8 Å². The first-order valence-corrected chi connectivity index (χ1v) is 8.55. The lowest BCUT2D eigenvalue weighted by atomic mass is 9.81. The SMILES string of the molecule is CCNCC(CC)(CC)CN1CCN(C(C)(C)C)CC1. The van der Waals surface area contributed by atoms with Gasteiger partial charge in [-0.2, -0.15) is 0 Å². The van der Waals surface area contributed by atoms with Gasteiger partial charge >= 0.3 is 0 Å². The van der Waals surface area contributed by atoms with Gasteiger partial charge in [-0.25, -0.2) is 0 Å². The Balaban J connectivity index is 2.51. The second-order valence-electron chi connectivity index (χ2n) is 7.42. The fraction of sp³-hybridized carbons (Fsp3) is 1.00. The minimum Gasteiger partial charge on any atom is -0.316 e. The Kier molecular flexibility index (Phi) is 6.96. The van der Waals surface area contributed by atoms with Gasteiger partial charge in [0.15, 0.2) is 0 Å². The standard InChI is InChI=1S/C17H37N3/c1-7-17(8-2,14-18-9-3)15-19-10-12-20(13-11-19)16(4,5)6/h18H,7-15H2,1-6H3. The summed E-state index contributed by atoms with van der Waals surface area (Å²) in [4.78, 5) is 5.31. The number of nitrogens with zero attached hydrogens (tertiary/aromatic N) is 2. The molecular weight excluding hydrogens is 246 g/mol. The molecule has 1 heterocycles. The van der Waals surface area contributed by atoms with Crippen LogP contribution in [0.25, 0.3) is 0 Å². The summed E-state index contributed by atoms with van der Waals surface area (Å²) in [6.45, 7) is 22.3. The Morgan fingerprint density at radius 3 is 1.85 bits per heavy atom. The van der Waals surface area contributed by atoms with Crippen LogP contribution >= 0.6 is 0 Å². The lowest BCUT2D eigenvalue weighted by molar-refractivity contribution is 0.0369. The van der Waals surface area contributed by atoms with Gasteiger partial charge in [0.05, 0.1) is 0 Å². The van der Waals surface area contributed by atoms with Gasteiger partial charge in [0.2, 0.25) is 0 Å². The van der Waals surface area contributed by atoms with Crippen LogP contribution in [0, 0.1) is 5.41 Å². The first-order valence-electron chi connectivity index (χ1n) is 8.55. The molecule has 20 heavy (non-hydrogen) atoms. The molecule has 3 nitrogen and oxygen atoms in total. The molecule has 0 unspecified atom stereocenters. The molecule has 1 fully saturated rings. The molecule has 1 saturated heterocycles. The molecule has 0 saturated carbocycles. The van der Waals surface area contributed by atoms with Crippen LogP contribution in [-0.4, -0.2) is 61.2 Å². The van der Waals surface area contributed by atoms with E-state index in [0.29, 0.717) is 11.0 Å². The second-order valence-corrected chi connectivity index (χ2v) is 7.42. The van der Waals surface area contributed by atoms with Crippen molar-refractivity contribution in [2.75, 3.05) is 45.8 Å². The smallest absolute Gasteiger partial charge is 0.0126 e. The van der Waals surface area contributed by atoms with E-state index in [1.807, 2.05) is 0 Å². The molecule has 0 aromatic carbocycles. The third-order valence-corrected chi connectivity index (χ3v) is 5.13. The molecular formula is C17H37N3. The van der Waals surface area contributed by atoms with E-state index in [1.165, 1.54) is 45.6 Å². The summed E-state index contributed by atoms with van der Waals surface area (Å²) >= 11 is 0. The predicted molar refractivity (Wildman–Crippen MR) is 89.3 cm³/mol. The summed E-state index contributed by atoms with van der Waals surface area (Å²) in [5.41, 5.74) is 0.780. The largest absolute Gasteiger partial charge is 0.316 e. The number of rotatable bonds is 7. The van der Waals surface area contributed by atoms with Crippen molar-refractivity contribution < 1.29 is 0 Å². The number of piperazine rings is 1. The van der Waals surface area contributed by atoms with Crippen molar-refractivity contribution in [1.29, 1.82) is 0 Å². The summed E-state index contributed by atoms with van der Waals surface area (Å²) in [6, 6.07) is 0. The van der Waals surface area contributed by atoms with E-state index in [1.54, 1.807) is 0 Å². The maximum atomic E-state index is 3.58. The highest BCUT2D eigenvalue weighted by atomic mass is 15.3. The zero-order valence-corrected chi connectivity index (χ0v) is 14.8. The third kappa shape index (κ3) is 5.01. The minimum absolute atomic E-state index is 0.322. The van der Waals surface area contributed by atoms with Gasteiger partial charge in [0.25, 0.3) is 0 Å². The Labute approximate surface area is 127 Å². The summed E-state index contributed by atoms with van der Waals surface area (Å²) in [7, 11) is 0. The van der Waals surface area contributed by atoms with Crippen molar-refractivity contribution in [3.05, 3.63) is 0 Å². The second kappa shape index (κ2) is 7.77. The van der Waals surface area contributed by atoms with Gasteiger partial charge in [-0.3, -0.25) is 4.90 Å². The molecule has 120 valence electrons. The molecule has 1 N–H and O–H groups in total. The van der Waals surface area contributed by atoms with Crippen LogP contribution in [0.15, 0.2) is 0 Å². The van der Waals surface area contributed by atoms with Crippen molar-refractivity contribution in [2.45, 2.75) is 59.9 Å². The van der Waals surface area contributed by atoms with E-state index in [0.717, 1.165) is 13.1 Å².